The number of halogens is 1. The second-order valence-electron chi connectivity index (χ2n) is 7.05. The lowest BCUT2D eigenvalue weighted by Crippen LogP contribution is -2.32. The fourth-order valence-electron chi connectivity index (χ4n) is 3.52. The second kappa shape index (κ2) is 8.19. The third-order valence-corrected chi connectivity index (χ3v) is 5.10. The fraction of sp³-hybridized carbons (Fsp3) is 0.125. The van der Waals surface area contributed by atoms with E-state index in [1.54, 1.807) is 19.1 Å². The van der Waals surface area contributed by atoms with Crippen molar-refractivity contribution in [3.05, 3.63) is 102 Å². The summed E-state index contributed by atoms with van der Waals surface area (Å²) < 4.78 is 13.7. The van der Waals surface area contributed by atoms with Gasteiger partial charge in [-0.2, -0.15) is 0 Å². The lowest BCUT2D eigenvalue weighted by Gasteiger charge is -2.18. The first-order valence-corrected chi connectivity index (χ1v) is 9.54. The molecule has 146 valence electrons. The maximum absolute atomic E-state index is 13.7. The van der Waals surface area contributed by atoms with Crippen molar-refractivity contribution in [1.82, 2.24) is 10.3 Å². The van der Waals surface area contributed by atoms with Crippen LogP contribution in [0.1, 0.15) is 22.6 Å². The Bertz CT molecular complexity index is 1140. The molecule has 5 heteroatoms. The number of carbonyl (C=O) groups excluding carboxylic acids is 1. The van der Waals surface area contributed by atoms with Gasteiger partial charge in [-0.3, -0.25) is 0 Å². The molecule has 0 aliphatic rings. The van der Waals surface area contributed by atoms with E-state index < -0.39 is 0 Å². The number of H-pyrrole nitrogens is 1. The van der Waals surface area contributed by atoms with E-state index in [0.717, 1.165) is 22.0 Å². The number of carbonyl (C=O) groups is 1. The Hall–Kier alpha value is -3.60. The van der Waals surface area contributed by atoms with Crippen molar-refractivity contribution in [1.29, 1.82) is 0 Å². The zero-order valence-electron chi connectivity index (χ0n) is 16.1. The second-order valence-corrected chi connectivity index (χ2v) is 7.05. The van der Waals surface area contributed by atoms with E-state index in [1.807, 2.05) is 42.6 Å². The third kappa shape index (κ3) is 4.14. The molecule has 4 nitrogen and oxygen atoms in total. The Labute approximate surface area is 168 Å². The molecule has 0 spiro atoms. The minimum atomic E-state index is -0.367. The van der Waals surface area contributed by atoms with Gasteiger partial charge in [0.25, 0.3) is 0 Å². The molecule has 29 heavy (non-hydrogen) atoms. The topological polar surface area (TPSA) is 56.9 Å². The van der Waals surface area contributed by atoms with E-state index in [2.05, 4.69) is 33.8 Å². The van der Waals surface area contributed by atoms with E-state index in [1.165, 1.54) is 6.07 Å². The highest BCUT2D eigenvalue weighted by Crippen LogP contribution is 2.30. The average molecular weight is 387 g/mol. The number of hydrogen-bond acceptors (Lipinski definition) is 1. The molecule has 4 rings (SSSR count). The van der Waals surface area contributed by atoms with Gasteiger partial charge in [0.15, 0.2) is 0 Å². The molecule has 4 aromatic rings. The molecule has 0 bridgehead atoms. The number of fused-ring (bicyclic) bond motifs is 1. The van der Waals surface area contributed by atoms with E-state index in [0.29, 0.717) is 17.8 Å². The largest absolute Gasteiger partial charge is 0.361 e. The van der Waals surface area contributed by atoms with Gasteiger partial charge in [-0.15, -0.1) is 0 Å². The van der Waals surface area contributed by atoms with Crippen molar-refractivity contribution in [3.63, 3.8) is 0 Å². The van der Waals surface area contributed by atoms with Crippen LogP contribution in [0.5, 0.6) is 0 Å². The molecule has 3 aromatic carbocycles. The predicted molar refractivity (Wildman–Crippen MR) is 115 cm³/mol. The van der Waals surface area contributed by atoms with Crippen molar-refractivity contribution >= 4 is 22.6 Å². The van der Waals surface area contributed by atoms with Crippen molar-refractivity contribution in [2.45, 2.75) is 12.8 Å². The van der Waals surface area contributed by atoms with Crippen molar-refractivity contribution in [3.8, 4) is 0 Å². The summed E-state index contributed by atoms with van der Waals surface area (Å²) in [5.41, 5.74) is 4.25. The zero-order valence-corrected chi connectivity index (χ0v) is 16.1. The quantitative estimate of drug-likeness (QED) is 0.412. The Morgan fingerprint density at radius 2 is 1.79 bits per heavy atom. The first-order valence-electron chi connectivity index (χ1n) is 9.54. The van der Waals surface area contributed by atoms with Crippen LogP contribution in [-0.4, -0.2) is 17.6 Å². The Kier molecular flexibility index (Phi) is 5.29. The summed E-state index contributed by atoms with van der Waals surface area (Å²) in [6.45, 7) is 2.09. The van der Waals surface area contributed by atoms with Crippen molar-refractivity contribution in [2.24, 2.45) is 0 Å². The van der Waals surface area contributed by atoms with Gasteiger partial charge >= 0.3 is 6.03 Å². The molecule has 0 saturated heterocycles. The minimum Gasteiger partial charge on any atom is -0.361 e. The number of benzene rings is 3. The number of nitrogens with one attached hydrogen (secondary N) is 3. The molecule has 0 aliphatic heterocycles. The van der Waals surface area contributed by atoms with Crippen LogP contribution in [0.25, 0.3) is 10.9 Å². The molecule has 0 saturated carbocycles. The normalized spacial score (nSPS) is 11.9. The number of para-hydroxylation sites is 1. The molecule has 2 amide bonds. The SMILES string of the molecule is Cc1ccc(NC(=O)NCC(c2ccccc2)c2c[nH]c3ccccc23)cc1F. The molecule has 1 heterocycles. The highest BCUT2D eigenvalue weighted by atomic mass is 19.1. The maximum Gasteiger partial charge on any atom is 0.319 e. The van der Waals surface area contributed by atoms with E-state index in [-0.39, 0.29) is 17.8 Å². The first-order chi connectivity index (χ1) is 14.1. The highest BCUT2D eigenvalue weighted by Gasteiger charge is 2.19. The van der Waals surface area contributed by atoms with Gasteiger partial charge < -0.3 is 15.6 Å². The lowest BCUT2D eigenvalue weighted by atomic mass is 9.91. The van der Waals surface area contributed by atoms with E-state index in [4.69, 9.17) is 0 Å². The summed E-state index contributed by atoms with van der Waals surface area (Å²) >= 11 is 0. The number of hydrogen-bond donors (Lipinski definition) is 3. The molecular weight excluding hydrogens is 365 g/mol. The fourth-order valence-corrected chi connectivity index (χ4v) is 3.52. The van der Waals surface area contributed by atoms with Crippen LogP contribution < -0.4 is 10.6 Å². The van der Waals surface area contributed by atoms with Crippen molar-refractivity contribution in [2.75, 3.05) is 11.9 Å². The Morgan fingerprint density at radius 1 is 1.03 bits per heavy atom. The van der Waals surface area contributed by atoms with E-state index in [9.17, 15) is 9.18 Å². The number of aryl methyl sites for hydroxylation is 1. The molecule has 0 fully saturated rings. The number of amides is 2. The first kappa shape index (κ1) is 18.7. The van der Waals surface area contributed by atoms with Gasteiger partial charge in [-0.25, -0.2) is 9.18 Å². The average Bonchev–Trinajstić information content (AvgIpc) is 3.16. The van der Waals surface area contributed by atoms with Gasteiger partial charge in [0, 0.05) is 35.2 Å². The predicted octanol–water partition coefficient (Wildman–Crippen LogP) is 5.57. The van der Waals surface area contributed by atoms with Crippen LogP contribution >= 0.6 is 0 Å². The summed E-state index contributed by atoms with van der Waals surface area (Å²) in [5.74, 6) is -0.364. The molecule has 0 radical (unpaired) electrons. The summed E-state index contributed by atoms with van der Waals surface area (Å²) in [7, 11) is 0. The Balaban J connectivity index is 1.55. The summed E-state index contributed by atoms with van der Waals surface area (Å²) in [6.07, 6.45) is 2.00. The Morgan fingerprint density at radius 3 is 2.59 bits per heavy atom. The molecule has 1 unspecified atom stereocenters. The maximum atomic E-state index is 13.7. The number of urea groups is 1. The number of anilines is 1. The van der Waals surface area contributed by atoms with Crippen LogP contribution in [0, 0.1) is 12.7 Å². The van der Waals surface area contributed by atoms with Gasteiger partial charge in [0.1, 0.15) is 5.82 Å². The smallest absolute Gasteiger partial charge is 0.319 e. The molecule has 1 atom stereocenters. The van der Waals surface area contributed by atoms with Gasteiger partial charge in [0.05, 0.1) is 0 Å². The van der Waals surface area contributed by atoms with Crippen LogP contribution in [0.15, 0.2) is 79.0 Å². The molecule has 3 N–H and O–H groups in total. The van der Waals surface area contributed by atoms with Crippen molar-refractivity contribution < 1.29 is 9.18 Å². The summed E-state index contributed by atoms with van der Waals surface area (Å²) in [4.78, 5) is 15.7. The third-order valence-electron chi connectivity index (χ3n) is 5.10. The molecular formula is C24H22FN3O. The van der Waals surface area contributed by atoms with Gasteiger partial charge in [0.2, 0.25) is 0 Å². The van der Waals surface area contributed by atoms with Gasteiger partial charge in [-0.05, 0) is 41.8 Å². The summed E-state index contributed by atoms with van der Waals surface area (Å²) in [5, 5.41) is 6.76. The highest BCUT2D eigenvalue weighted by molar-refractivity contribution is 5.89. The summed E-state index contributed by atoms with van der Waals surface area (Å²) in [6, 6.07) is 22.5. The minimum absolute atomic E-state index is 0.0205. The van der Waals surface area contributed by atoms with Crippen LogP contribution in [0.4, 0.5) is 14.9 Å². The molecule has 0 aliphatic carbocycles. The number of aromatic amines is 1. The van der Waals surface area contributed by atoms with Gasteiger partial charge in [-0.1, -0.05) is 54.6 Å². The lowest BCUT2D eigenvalue weighted by molar-refractivity contribution is 0.252. The zero-order chi connectivity index (χ0) is 20.2. The van der Waals surface area contributed by atoms with Crippen LogP contribution in [-0.2, 0) is 0 Å². The number of aromatic nitrogens is 1. The standard InChI is InChI=1S/C24H22FN3O/c1-16-11-12-18(13-22(16)25)28-24(29)27-14-20(17-7-3-2-4-8-17)21-15-26-23-10-6-5-9-19(21)23/h2-13,15,20,26H,14H2,1H3,(H2,27,28,29). The van der Waals surface area contributed by atoms with Crippen LogP contribution in [0.2, 0.25) is 0 Å². The molecule has 1 aromatic heterocycles. The van der Waals surface area contributed by atoms with E-state index >= 15 is 0 Å². The van der Waals surface area contributed by atoms with Crippen LogP contribution in [0.3, 0.4) is 0 Å². The number of rotatable bonds is 5. The monoisotopic (exact) mass is 387 g/mol.